The van der Waals surface area contributed by atoms with Gasteiger partial charge in [0.15, 0.2) is 0 Å². The molecule has 1 fully saturated rings. The van der Waals surface area contributed by atoms with Crippen molar-refractivity contribution in [2.75, 3.05) is 25.1 Å². The first kappa shape index (κ1) is 35.5. The molecule has 2 amide bonds. The normalized spacial score (nSPS) is 14.0. The lowest BCUT2D eigenvalue weighted by molar-refractivity contribution is -0.140. The van der Waals surface area contributed by atoms with Gasteiger partial charge < -0.3 is 19.7 Å². The third kappa shape index (κ3) is 8.80. The molecule has 10 heteroatoms. The molecule has 0 spiro atoms. The van der Waals surface area contributed by atoms with Crippen LogP contribution in [0.15, 0.2) is 108 Å². The highest BCUT2D eigenvalue weighted by Gasteiger charge is 2.36. The first-order valence-electron chi connectivity index (χ1n) is 16.7. The van der Waals surface area contributed by atoms with E-state index in [2.05, 4.69) is 5.32 Å². The molecule has 49 heavy (non-hydrogen) atoms. The lowest BCUT2D eigenvalue weighted by Crippen LogP contribution is -2.55. The number of nitrogens with one attached hydrogen (secondary N) is 1. The Morgan fingerprint density at radius 3 is 2.14 bits per heavy atom. The number of methoxy groups -OCH3 is 2. The topological polar surface area (TPSA) is 105 Å². The van der Waals surface area contributed by atoms with Crippen LogP contribution in [-0.2, 0) is 32.6 Å². The number of sulfonamides is 1. The van der Waals surface area contributed by atoms with Gasteiger partial charge in [0.25, 0.3) is 10.0 Å². The molecule has 4 aromatic carbocycles. The molecule has 0 aromatic heterocycles. The monoisotopic (exact) mass is 683 g/mol. The third-order valence-electron chi connectivity index (χ3n) is 9.10. The highest BCUT2D eigenvalue weighted by molar-refractivity contribution is 7.92. The van der Waals surface area contributed by atoms with Crippen molar-refractivity contribution >= 4 is 27.5 Å². The molecule has 9 nitrogen and oxygen atoms in total. The smallest absolute Gasteiger partial charge is 0.264 e. The molecule has 1 aliphatic rings. The maximum Gasteiger partial charge on any atom is 0.264 e. The minimum atomic E-state index is -4.30. The Morgan fingerprint density at radius 1 is 0.816 bits per heavy atom. The Kier molecular flexibility index (Phi) is 12.0. The van der Waals surface area contributed by atoms with E-state index in [9.17, 15) is 18.0 Å². The first-order valence-corrected chi connectivity index (χ1v) is 18.1. The summed E-state index contributed by atoms with van der Waals surface area (Å²) in [5.41, 5.74) is 2.91. The van der Waals surface area contributed by atoms with Crippen molar-refractivity contribution in [1.82, 2.24) is 10.2 Å². The summed E-state index contributed by atoms with van der Waals surface area (Å²) in [7, 11) is -1.34. The Morgan fingerprint density at radius 2 is 1.47 bits per heavy atom. The average molecular weight is 684 g/mol. The fourth-order valence-corrected chi connectivity index (χ4v) is 7.72. The average Bonchev–Trinajstić information content (AvgIpc) is 3.13. The van der Waals surface area contributed by atoms with Crippen molar-refractivity contribution in [3.63, 3.8) is 0 Å². The number of carbonyl (C=O) groups is 2. The van der Waals surface area contributed by atoms with Crippen LogP contribution in [0.3, 0.4) is 0 Å². The molecule has 1 saturated carbocycles. The number of amides is 2. The zero-order chi connectivity index (χ0) is 34.8. The molecule has 5 rings (SSSR count). The summed E-state index contributed by atoms with van der Waals surface area (Å²) in [6.07, 6.45) is 5.25. The van der Waals surface area contributed by atoms with Crippen LogP contribution >= 0.6 is 0 Å². The lowest BCUT2D eigenvalue weighted by atomic mass is 9.94. The second-order valence-corrected chi connectivity index (χ2v) is 14.2. The summed E-state index contributed by atoms with van der Waals surface area (Å²) in [6.45, 7) is 1.51. The zero-order valence-electron chi connectivity index (χ0n) is 28.4. The van der Waals surface area contributed by atoms with Crippen LogP contribution in [0, 0.1) is 6.92 Å². The number of ether oxygens (including phenoxy) is 2. The zero-order valence-corrected chi connectivity index (χ0v) is 29.2. The molecule has 0 aliphatic heterocycles. The summed E-state index contributed by atoms with van der Waals surface area (Å²) in [6, 6.07) is 29.1. The van der Waals surface area contributed by atoms with Crippen molar-refractivity contribution < 1.29 is 27.5 Å². The quantitative estimate of drug-likeness (QED) is 0.167. The van der Waals surface area contributed by atoms with Crippen molar-refractivity contribution in [1.29, 1.82) is 0 Å². The number of rotatable bonds is 14. The van der Waals surface area contributed by atoms with Crippen molar-refractivity contribution in [3.8, 4) is 11.5 Å². The maximum atomic E-state index is 14.8. The van der Waals surface area contributed by atoms with E-state index in [0.29, 0.717) is 5.75 Å². The third-order valence-corrected chi connectivity index (χ3v) is 10.9. The molecule has 0 saturated heterocycles. The number of para-hydroxylation sites is 2. The number of hydrogen-bond donors (Lipinski definition) is 1. The number of hydrogen-bond acceptors (Lipinski definition) is 6. The van der Waals surface area contributed by atoms with Crippen LogP contribution in [0.2, 0.25) is 0 Å². The molecule has 0 unspecified atom stereocenters. The molecule has 258 valence electrons. The van der Waals surface area contributed by atoms with Crippen LogP contribution < -0.4 is 19.1 Å². The largest absolute Gasteiger partial charge is 0.497 e. The van der Waals surface area contributed by atoms with Gasteiger partial charge in [0.05, 0.1) is 24.8 Å². The minimum absolute atomic E-state index is 0.0201. The van der Waals surface area contributed by atoms with Gasteiger partial charge in [-0.05, 0) is 72.9 Å². The van der Waals surface area contributed by atoms with Gasteiger partial charge >= 0.3 is 0 Å². The first-order chi connectivity index (χ1) is 23.7. The van der Waals surface area contributed by atoms with Crippen molar-refractivity contribution in [2.45, 2.75) is 69.0 Å². The predicted octanol–water partition coefficient (Wildman–Crippen LogP) is 6.30. The van der Waals surface area contributed by atoms with E-state index >= 15 is 0 Å². The summed E-state index contributed by atoms with van der Waals surface area (Å²) < 4.78 is 40.7. The lowest BCUT2D eigenvalue weighted by Gasteiger charge is -2.35. The fourth-order valence-electron chi connectivity index (χ4n) is 6.29. The summed E-state index contributed by atoms with van der Waals surface area (Å²) in [4.78, 5) is 30.7. The SMILES string of the molecule is COc1ccc(S(=O)(=O)N(CC(=O)N(Cc2ccccc2C)[C@@H](Cc2ccccc2)C(=O)NC2CCCCC2)c2ccccc2OC)cc1. The maximum absolute atomic E-state index is 14.8. The van der Waals surface area contributed by atoms with Gasteiger partial charge in [-0.3, -0.25) is 13.9 Å². The van der Waals surface area contributed by atoms with Crippen LogP contribution in [0.1, 0.15) is 48.8 Å². The van der Waals surface area contributed by atoms with Gasteiger partial charge in [-0.15, -0.1) is 0 Å². The summed E-state index contributed by atoms with van der Waals surface area (Å²) in [5, 5.41) is 3.25. The Balaban J connectivity index is 1.59. The van der Waals surface area contributed by atoms with Gasteiger partial charge in [0.2, 0.25) is 11.8 Å². The van der Waals surface area contributed by atoms with Gasteiger partial charge in [-0.25, -0.2) is 8.42 Å². The number of benzene rings is 4. The van der Waals surface area contributed by atoms with Crippen molar-refractivity contribution in [3.05, 3.63) is 120 Å². The molecule has 1 aliphatic carbocycles. The second-order valence-electron chi connectivity index (χ2n) is 12.4. The van der Waals surface area contributed by atoms with Crippen LogP contribution in [0.25, 0.3) is 0 Å². The Labute approximate surface area is 289 Å². The summed E-state index contributed by atoms with van der Waals surface area (Å²) >= 11 is 0. The van der Waals surface area contributed by atoms with E-state index in [1.165, 1.54) is 26.4 Å². The Hall–Kier alpha value is -4.83. The van der Waals surface area contributed by atoms with E-state index in [0.717, 1.165) is 53.1 Å². The number of anilines is 1. The summed E-state index contributed by atoms with van der Waals surface area (Å²) in [5.74, 6) is 0.00948. The molecule has 4 aromatic rings. The number of aryl methyl sites for hydroxylation is 1. The van der Waals surface area contributed by atoms with Crippen molar-refractivity contribution in [2.24, 2.45) is 0 Å². The van der Waals surface area contributed by atoms with Crippen LogP contribution in [-0.4, -0.2) is 58.0 Å². The van der Waals surface area contributed by atoms with E-state index in [4.69, 9.17) is 9.47 Å². The van der Waals surface area contributed by atoms with E-state index < -0.39 is 28.5 Å². The molecule has 1 N–H and O–H groups in total. The van der Waals surface area contributed by atoms with Gasteiger partial charge in [-0.1, -0.05) is 86.0 Å². The predicted molar refractivity (Wildman–Crippen MR) is 191 cm³/mol. The molecule has 0 radical (unpaired) electrons. The van der Waals surface area contributed by atoms with Gasteiger partial charge in [0, 0.05) is 19.0 Å². The van der Waals surface area contributed by atoms with E-state index in [-0.39, 0.29) is 41.2 Å². The number of nitrogens with zero attached hydrogens (tertiary/aromatic N) is 2. The van der Waals surface area contributed by atoms with Gasteiger partial charge in [0.1, 0.15) is 24.1 Å². The Bertz CT molecular complexity index is 1810. The molecule has 0 bridgehead atoms. The number of carbonyl (C=O) groups excluding carboxylic acids is 2. The highest BCUT2D eigenvalue weighted by Crippen LogP contribution is 2.33. The van der Waals surface area contributed by atoms with E-state index in [1.54, 1.807) is 41.3 Å². The molecular formula is C39H45N3O6S. The van der Waals surface area contributed by atoms with E-state index in [1.807, 2.05) is 61.5 Å². The molecular weight excluding hydrogens is 639 g/mol. The van der Waals surface area contributed by atoms with Crippen LogP contribution in [0.4, 0.5) is 5.69 Å². The highest BCUT2D eigenvalue weighted by atomic mass is 32.2. The molecule has 1 atom stereocenters. The van der Waals surface area contributed by atoms with Gasteiger partial charge in [-0.2, -0.15) is 0 Å². The minimum Gasteiger partial charge on any atom is -0.497 e. The van der Waals surface area contributed by atoms with Crippen LogP contribution in [0.5, 0.6) is 11.5 Å². The molecule has 0 heterocycles. The second kappa shape index (κ2) is 16.5. The fraction of sp³-hybridized carbons (Fsp3) is 0.333. The standard InChI is InChI=1S/C39H45N3O6S/c1-29-14-10-11-17-31(29)27-41(36(26-30-15-6-4-7-16-30)39(44)40-32-18-8-5-9-19-32)38(43)28-42(35-20-12-13-21-37(35)48-3)49(45,46)34-24-22-33(47-2)23-25-34/h4,6-7,10-17,20-25,32,36H,5,8-9,18-19,26-28H2,1-3H3,(H,40,44)/t36-/m0/s1.